The molecule has 0 atom stereocenters. The van der Waals surface area contributed by atoms with Crippen LogP contribution in [0.15, 0.2) is 23.1 Å². The van der Waals surface area contributed by atoms with E-state index in [1.165, 1.54) is 6.07 Å². The van der Waals surface area contributed by atoms with E-state index in [0.717, 1.165) is 36.5 Å². The molecular weight excluding hydrogens is 302 g/mol. The maximum Gasteiger partial charge on any atom is 0.271 e. The van der Waals surface area contributed by atoms with Crippen LogP contribution in [0.1, 0.15) is 12.8 Å². The van der Waals surface area contributed by atoms with Crippen molar-refractivity contribution in [1.29, 1.82) is 0 Å². The molecule has 0 amide bonds. The fraction of sp³-hybridized carbons (Fsp3) is 0.455. The normalized spacial score (nSPS) is 17.0. The number of non-ortho nitro benzene ring substituents is 1. The highest BCUT2D eigenvalue weighted by Gasteiger charge is 2.24. The zero-order valence-electron chi connectivity index (χ0n) is 10.6. The molecule has 1 saturated heterocycles. The number of thioether (sulfide) groups is 1. The summed E-state index contributed by atoms with van der Waals surface area (Å²) in [5.41, 5.74) is 5.28. The van der Waals surface area contributed by atoms with Crippen molar-refractivity contribution < 1.29 is 13.3 Å². The summed E-state index contributed by atoms with van der Waals surface area (Å²) in [6.45, 7) is 0. The summed E-state index contributed by atoms with van der Waals surface area (Å²) in [6.07, 6.45) is 1.55. The first-order valence-electron chi connectivity index (χ1n) is 6.04. The van der Waals surface area contributed by atoms with Crippen molar-refractivity contribution in [2.75, 3.05) is 17.2 Å². The van der Waals surface area contributed by atoms with Gasteiger partial charge in [0.1, 0.15) is 4.90 Å². The quantitative estimate of drug-likeness (QED) is 0.492. The number of nitro groups is 1. The molecule has 1 aliphatic rings. The summed E-state index contributed by atoms with van der Waals surface area (Å²) in [4.78, 5) is 9.89. The van der Waals surface area contributed by atoms with Crippen molar-refractivity contribution in [2.24, 2.45) is 0 Å². The third-order valence-electron chi connectivity index (χ3n) is 3.04. The highest BCUT2D eigenvalue weighted by atomic mass is 32.2. The predicted octanol–water partition coefficient (Wildman–Crippen LogP) is 1.35. The van der Waals surface area contributed by atoms with E-state index in [4.69, 9.17) is 5.73 Å². The Labute approximate surface area is 121 Å². The molecule has 0 unspecified atom stereocenters. The summed E-state index contributed by atoms with van der Waals surface area (Å²) in [7, 11) is -3.74. The Morgan fingerprint density at radius 3 is 2.55 bits per heavy atom. The van der Waals surface area contributed by atoms with E-state index < -0.39 is 14.9 Å². The molecule has 3 N–H and O–H groups in total. The summed E-state index contributed by atoms with van der Waals surface area (Å²) < 4.78 is 27.1. The van der Waals surface area contributed by atoms with Crippen LogP contribution in [0.2, 0.25) is 0 Å². The number of nitrogens with one attached hydrogen (secondary N) is 1. The second-order valence-electron chi connectivity index (χ2n) is 4.49. The lowest BCUT2D eigenvalue weighted by atomic mass is 10.2. The van der Waals surface area contributed by atoms with Crippen LogP contribution in [0.4, 0.5) is 11.4 Å². The standard InChI is InChI=1S/C11H15N3O4S2/c12-10-7-9(14(15)16)1-2-11(10)20(17,18)13-8-3-5-19-6-4-8/h1-2,7-8,13H,3-6,12H2. The van der Waals surface area contributed by atoms with E-state index in [9.17, 15) is 18.5 Å². The number of nitrogens with zero attached hydrogens (tertiary/aromatic N) is 1. The zero-order valence-corrected chi connectivity index (χ0v) is 12.2. The van der Waals surface area contributed by atoms with Gasteiger partial charge in [-0.3, -0.25) is 10.1 Å². The molecule has 1 aromatic rings. The number of hydrogen-bond donors (Lipinski definition) is 2. The van der Waals surface area contributed by atoms with Gasteiger partial charge in [0.15, 0.2) is 0 Å². The highest BCUT2D eigenvalue weighted by molar-refractivity contribution is 7.99. The Balaban J connectivity index is 2.22. The van der Waals surface area contributed by atoms with Gasteiger partial charge in [-0.15, -0.1) is 0 Å². The zero-order chi connectivity index (χ0) is 14.8. The molecule has 110 valence electrons. The van der Waals surface area contributed by atoms with Crippen LogP contribution in [-0.2, 0) is 10.0 Å². The molecule has 2 rings (SSSR count). The Bertz CT molecular complexity index is 612. The maximum atomic E-state index is 12.2. The molecule has 0 bridgehead atoms. The Morgan fingerprint density at radius 1 is 1.35 bits per heavy atom. The van der Waals surface area contributed by atoms with Crippen LogP contribution in [0.25, 0.3) is 0 Å². The minimum Gasteiger partial charge on any atom is -0.397 e. The van der Waals surface area contributed by atoms with Gasteiger partial charge in [0.2, 0.25) is 10.0 Å². The number of sulfonamides is 1. The van der Waals surface area contributed by atoms with Crippen LogP contribution < -0.4 is 10.5 Å². The van der Waals surface area contributed by atoms with Crippen molar-refractivity contribution in [3.05, 3.63) is 28.3 Å². The predicted molar refractivity (Wildman–Crippen MR) is 78.2 cm³/mol. The second kappa shape index (κ2) is 5.98. The molecule has 7 nitrogen and oxygen atoms in total. The monoisotopic (exact) mass is 317 g/mol. The van der Waals surface area contributed by atoms with Gasteiger partial charge in [-0.25, -0.2) is 13.1 Å². The number of anilines is 1. The molecule has 1 aromatic carbocycles. The van der Waals surface area contributed by atoms with Crippen molar-refractivity contribution >= 4 is 33.2 Å². The van der Waals surface area contributed by atoms with Crippen LogP contribution in [-0.4, -0.2) is 30.9 Å². The molecule has 9 heteroatoms. The number of rotatable bonds is 4. The molecule has 0 aromatic heterocycles. The van der Waals surface area contributed by atoms with Gasteiger partial charge < -0.3 is 5.73 Å². The Kier molecular flexibility index (Phi) is 4.51. The van der Waals surface area contributed by atoms with Crippen LogP contribution in [0, 0.1) is 10.1 Å². The first kappa shape index (κ1) is 15.1. The van der Waals surface area contributed by atoms with E-state index >= 15 is 0 Å². The fourth-order valence-electron chi connectivity index (χ4n) is 1.99. The molecule has 0 saturated carbocycles. The molecule has 0 aliphatic carbocycles. The molecule has 1 aliphatic heterocycles. The third-order valence-corrected chi connectivity index (χ3v) is 5.68. The first-order valence-corrected chi connectivity index (χ1v) is 8.68. The van der Waals surface area contributed by atoms with Gasteiger partial charge in [0.25, 0.3) is 5.69 Å². The number of hydrogen-bond acceptors (Lipinski definition) is 6. The maximum absolute atomic E-state index is 12.2. The SMILES string of the molecule is Nc1cc([N+](=O)[O-])ccc1S(=O)(=O)NC1CCSCC1. The van der Waals surface area contributed by atoms with Crippen LogP contribution in [0.5, 0.6) is 0 Å². The number of nitro benzene ring substituents is 1. The van der Waals surface area contributed by atoms with Crippen molar-refractivity contribution in [3.63, 3.8) is 0 Å². The van der Waals surface area contributed by atoms with Crippen molar-refractivity contribution in [1.82, 2.24) is 4.72 Å². The highest BCUT2D eigenvalue weighted by Crippen LogP contribution is 2.25. The van der Waals surface area contributed by atoms with E-state index in [0.29, 0.717) is 0 Å². The lowest BCUT2D eigenvalue weighted by Crippen LogP contribution is -2.37. The number of nitrogens with two attached hydrogens (primary N) is 1. The largest absolute Gasteiger partial charge is 0.397 e. The Morgan fingerprint density at radius 2 is 2.00 bits per heavy atom. The van der Waals surface area contributed by atoms with E-state index in [2.05, 4.69) is 4.72 Å². The van der Waals surface area contributed by atoms with E-state index in [1.807, 2.05) is 0 Å². The van der Waals surface area contributed by atoms with Gasteiger partial charge in [-0.2, -0.15) is 11.8 Å². The molecule has 1 heterocycles. The third kappa shape index (κ3) is 3.41. The van der Waals surface area contributed by atoms with Crippen LogP contribution >= 0.6 is 11.8 Å². The van der Waals surface area contributed by atoms with Gasteiger partial charge in [-0.1, -0.05) is 0 Å². The van der Waals surface area contributed by atoms with Gasteiger partial charge in [0, 0.05) is 18.2 Å². The summed E-state index contributed by atoms with van der Waals surface area (Å²) >= 11 is 1.79. The molecule has 0 spiro atoms. The van der Waals surface area contributed by atoms with Crippen LogP contribution in [0.3, 0.4) is 0 Å². The van der Waals surface area contributed by atoms with E-state index in [-0.39, 0.29) is 22.3 Å². The fourth-order valence-corrected chi connectivity index (χ4v) is 4.52. The molecular formula is C11H15N3O4S2. The second-order valence-corrected chi connectivity index (χ2v) is 7.39. The first-order chi connectivity index (χ1) is 9.40. The average molecular weight is 317 g/mol. The summed E-state index contributed by atoms with van der Waals surface area (Å²) in [6, 6.07) is 3.27. The van der Waals surface area contributed by atoms with Crippen molar-refractivity contribution in [3.8, 4) is 0 Å². The topological polar surface area (TPSA) is 115 Å². The molecule has 1 fully saturated rings. The number of benzene rings is 1. The smallest absolute Gasteiger partial charge is 0.271 e. The van der Waals surface area contributed by atoms with E-state index in [1.54, 1.807) is 11.8 Å². The van der Waals surface area contributed by atoms with Gasteiger partial charge in [-0.05, 0) is 30.4 Å². The lowest BCUT2D eigenvalue weighted by Gasteiger charge is -2.22. The minimum absolute atomic E-state index is 0.101. The van der Waals surface area contributed by atoms with Crippen molar-refractivity contribution in [2.45, 2.75) is 23.8 Å². The lowest BCUT2D eigenvalue weighted by molar-refractivity contribution is -0.384. The number of nitrogen functional groups attached to an aromatic ring is 1. The van der Waals surface area contributed by atoms with Gasteiger partial charge in [0.05, 0.1) is 10.6 Å². The summed E-state index contributed by atoms with van der Waals surface area (Å²) in [5.74, 6) is 1.84. The van der Waals surface area contributed by atoms with Gasteiger partial charge >= 0.3 is 0 Å². The minimum atomic E-state index is -3.74. The average Bonchev–Trinajstić information content (AvgIpc) is 2.38. The Hall–Kier alpha value is -1.32. The summed E-state index contributed by atoms with van der Waals surface area (Å²) in [5, 5.41) is 10.6. The molecule has 20 heavy (non-hydrogen) atoms. The molecule has 0 radical (unpaired) electrons.